The molecule has 26 heavy (non-hydrogen) atoms. The van der Waals surface area contributed by atoms with Gasteiger partial charge in [-0.3, -0.25) is 9.59 Å². The smallest absolute Gasteiger partial charge is 0.413 e. The van der Waals surface area contributed by atoms with Crippen LogP contribution in [0.5, 0.6) is 0 Å². The zero-order valence-electron chi connectivity index (χ0n) is 14.1. The molecule has 2 rings (SSSR count). The van der Waals surface area contributed by atoms with Gasteiger partial charge in [-0.2, -0.15) is 13.2 Å². The molecule has 1 aromatic carbocycles. The van der Waals surface area contributed by atoms with Crippen molar-refractivity contribution in [2.24, 2.45) is 11.8 Å². The van der Waals surface area contributed by atoms with Gasteiger partial charge in [0.25, 0.3) is 0 Å². The van der Waals surface area contributed by atoms with Crippen LogP contribution in [-0.4, -0.2) is 37.1 Å². The Morgan fingerprint density at radius 1 is 0.962 bits per heavy atom. The maximum atomic E-state index is 13.5. The first kappa shape index (κ1) is 19.7. The molecule has 0 N–H and O–H groups in total. The van der Waals surface area contributed by atoms with Crippen molar-refractivity contribution in [3.8, 4) is 0 Å². The minimum absolute atomic E-state index is 0.0106. The van der Waals surface area contributed by atoms with Gasteiger partial charge in [0, 0.05) is 5.56 Å². The third kappa shape index (κ3) is 3.63. The molecule has 0 heterocycles. The lowest BCUT2D eigenvalue weighted by molar-refractivity contribution is -0.157. The lowest BCUT2D eigenvalue weighted by Crippen LogP contribution is -2.49. The monoisotopic (exact) mass is 370 g/mol. The molecule has 140 valence electrons. The molecular weight excluding hydrogens is 353 g/mol. The molecule has 0 aliphatic heterocycles. The fraction of sp³-hybridized carbons (Fsp3) is 0.389. The van der Waals surface area contributed by atoms with Crippen molar-refractivity contribution in [1.82, 2.24) is 0 Å². The number of carbonyl (C=O) groups is 3. The third-order valence-electron chi connectivity index (χ3n) is 3.93. The topological polar surface area (TPSA) is 69.7 Å². The summed E-state index contributed by atoms with van der Waals surface area (Å²) in [5.41, 5.74) is -2.19. The Balaban J connectivity index is 2.56. The van der Waals surface area contributed by atoms with Gasteiger partial charge in [-0.1, -0.05) is 30.3 Å². The van der Waals surface area contributed by atoms with E-state index in [1.165, 1.54) is 38.1 Å². The second kappa shape index (κ2) is 7.72. The summed E-state index contributed by atoms with van der Waals surface area (Å²) in [4.78, 5) is 36.8. The van der Waals surface area contributed by atoms with E-state index in [4.69, 9.17) is 4.74 Å². The molecular formula is C18H17F3O5. The molecule has 1 aliphatic carbocycles. The number of halogens is 3. The van der Waals surface area contributed by atoms with Crippen LogP contribution in [0, 0.1) is 11.8 Å². The average Bonchev–Trinajstić information content (AvgIpc) is 2.53. The Morgan fingerprint density at radius 3 is 2.04 bits per heavy atom. The molecule has 0 unspecified atom stereocenters. The van der Waals surface area contributed by atoms with Crippen molar-refractivity contribution < 1.29 is 37.0 Å². The fourth-order valence-electron chi connectivity index (χ4n) is 2.90. The highest BCUT2D eigenvalue weighted by atomic mass is 19.4. The first-order valence-electron chi connectivity index (χ1n) is 7.98. The van der Waals surface area contributed by atoms with Crippen LogP contribution in [0.4, 0.5) is 13.2 Å². The first-order valence-corrected chi connectivity index (χ1v) is 7.98. The number of Topliss-reactive ketones (excluding diaryl/α,β-unsaturated/α-hetero) is 1. The molecule has 1 aromatic rings. The number of benzene rings is 1. The van der Waals surface area contributed by atoms with E-state index in [0.29, 0.717) is 0 Å². The van der Waals surface area contributed by atoms with Gasteiger partial charge in [0.05, 0.1) is 30.3 Å². The van der Waals surface area contributed by atoms with Crippen LogP contribution in [0.25, 0.3) is 0 Å². The Morgan fingerprint density at radius 2 is 1.54 bits per heavy atom. The number of ether oxygens (including phenoxy) is 2. The zero-order chi connectivity index (χ0) is 19.5. The molecule has 5 nitrogen and oxygen atoms in total. The van der Waals surface area contributed by atoms with Crippen molar-refractivity contribution in [2.45, 2.75) is 20.0 Å². The highest BCUT2D eigenvalue weighted by Gasteiger charge is 2.61. The highest BCUT2D eigenvalue weighted by molar-refractivity contribution is 6.10. The molecule has 0 radical (unpaired) electrons. The lowest BCUT2D eigenvalue weighted by Gasteiger charge is -2.38. The van der Waals surface area contributed by atoms with E-state index < -0.39 is 46.9 Å². The van der Waals surface area contributed by atoms with E-state index in [0.717, 1.165) is 0 Å². The molecule has 1 aliphatic rings. The normalized spacial score (nSPS) is 19.6. The molecule has 0 amide bonds. The number of hydrogen-bond donors (Lipinski definition) is 0. The number of alkyl halides is 3. The van der Waals surface area contributed by atoms with Crippen molar-refractivity contribution in [3.05, 3.63) is 47.0 Å². The first-order chi connectivity index (χ1) is 12.2. The van der Waals surface area contributed by atoms with Gasteiger partial charge in [0.15, 0.2) is 5.78 Å². The van der Waals surface area contributed by atoms with Crippen molar-refractivity contribution >= 4 is 17.7 Å². The number of allylic oxidation sites excluding steroid dienone is 1. The van der Waals surface area contributed by atoms with E-state index >= 15 is 0 Å². The molecule has 2 atom stereocenters. The predicted octanol–water partition coefficient (Wildman–Crippen LogP) is 3.10. The number of carbonyl (C=O) groups excluding carboxylic acids is 3. The van der Waals surface area contributed by atoms with Crippen molar-refractivity contribution in [3.63, 3.8) is 0 Å². The highest BCUT2D eigenvalue weighted by Crippen LogP contribution is 2.51. The second-order valence-corrected chi connectivity index (χ2v) is 5.48. The zero-order valence-corrected chi connectivity index (χ0v) is 14.1. The van der Waals surface area contributed by atoms with E-state index in [1.54, 1.807) is 6.07 Å². The van der Waals surface area contributed by atoms with Crippen LogP contribution in [0.2, 0.25) is 0 Å². The Hall–Kier alpha value is -2.64. The number of ketones is 1. The molecule has 0 spiro atoms. The molecule has 0 saturated carbocycles. The maximum Gasteiger partial charge on any atom is 0.413 e. The second-order valence-electron chi connectivity index (χ2n) is 5.48. The van der Waals surface area contributed by atoms with Crippen LogP contribution in [-0.2, 0) is 19.1 Å². The van der Waals surface area contributed by atoms with Gasteiger partial charge in [-0.15, -0.1) is 0 Å². The summed E-state index contributed by atoms with van der Waals surface area (Å²) in [6.07, 6.45) is -4.96. The van der Waals surface area contributed by atoms with Gasteiger partial charge < -0.3 is 9.47 Å². The van der Waals surface area contributed by atoms with E-state index in [2.05, 4.69) is 4.74 Å². The number of rotatable bonds is 6. The van der Waals surface area contributed by atoms with Crippen molar-refractivity contribution in [2.75, 3.05) is 13.2 Å². The minimum Gasteiger partial charge on any atom is -0.465 e. The molecule has 0 aromatic heterocycles. The lowest BCUT2D eigenvalue weighted by atomic mass is 9.64. The van der Waals surface area contributed by atoms with E-state index in [-0.39, 0.29) is 18.8 Å². The largest absolute Gasteiger partial charge is 0.465 e. The molecule has 8 heteroatoms. The summed E-state index contributed by atoms with van der Waals surface area (Å²) < 4.78 is 50.0. The average molecular weight is 370 g/mol. The molecule has 0 fully saturated rings. The Bertz CT molecular complexity index is 737. The van der Waals surface area contributed by atoms with Gasteiger partial charge in [-0.25, -0.2) is 4.79 Å². The summed E-state index contributed by atoms with van der Waals surface area (Å²) in [6, 6.07) is 7.29. The summed E-state index contributed by atoms with van der Waals surface area (Å²) in [6.45, 7) is 2.64. The van der Waals surface area contributed by atoms with Crippen LogP contribution < -0.4 is 0 Å². The Kier molecular flexibility index (Phi) is 5.84. The van der Waals surface area contributed by atoms with Crippen molar-refractivity contribution in [1.29, 1.82) is 0 Å². The van der Waals surface area contributed by atoms with Gasteiger partial charge in [0.2, 0.25) is 0 Å². The molecule has 0 bridgehead atoms. The van der Waals surface area contributed by atoms with Gasteiger partial charge >= 0.3 is 18.1 Å². The van der Waals surface area contributed by atoms with Crippen LogP contribution in [0.15, 0.2) is 41.5 Å². The van der Waals surface area contributed by atoms with E-state index in [9.17, 15) is 27.6 Å². The summed E-state index contributed by atoms with van der Waals surface area (Å²) in [5, 5.41) is 0. The van der Waals surface area contributed by atoms with E-state index in [1.807, 2.05) is 0 Å². The quantitative estimate of drug-likeness (QED) is 0.569. The summed E-state index contributed by atoms with van der Waals surface area (Å²) in [7, 11) is 0. The molecule has 0 saturated heterocycles. The number of esters is 2. The standard InChI is InChI=1S/C18H17F3O5/c1-3-25-16(23)11-12(15(22)10-8-6-5-7-9-10)14(18(19,20)21)13(11)17(24)26-4-2/h5-9,11-12H,3-4H2,1-2H3/t11-,12-/m1/s1. The minimum atomic E-state index is -4.96. The van der Waals surface area contributed by atoms with Crippen LogP contribution >= 0.6 is 0 Å². The summed E-state index contributed by atoms with van der Waals surface area (Å²) >= 11 is 0. The predicted molar refractivity (Wildman–Crippen MR) is 84.1 cm³/mol. The number of hydrogen-bond acceptors (Lipinski definition) is 5. The Labute approximate surface area is 147 Å². The third-order valence-corrected chi connectivity index (χ3v) is 3.93. The van der Waals surface area contributed by atoms with Crippen LogP contribution in [0.3, 0.4) is 0 Å². The summed E-state index contributed by atoms with van der Waals surface area (Å²) in [5.74, 6) is -6.70. The van der Waals surface area contributed by atoms with Crippen LogP contribution in [0.1, 0.15) is 24.2 Å². The van der Waals surface area contributed by atoms with Gasteiger partial charge in [0.1, 0.15) is 5.92 Å². The SMILES string of the molecule is CCOC(=O)C1=C(C(F)(F)F)[C@H](C(=O)c2ccccc2)[C@H]1C(=O)OCC. The fourth-order valence-corrected chi connectivity index (χ4v) is 2.90. The maximum absolute atomic E-state index is 13.5. The van der Waals surface area contributed by atoms with Gasteiger partial charge in [-0.05, 0) is 13.8 Å².